The first-order valence-corrected chi connectivity index (χ1v) is 7.08. The monoisotopic (exact) mass is 267 g/mol. The van der Waals surface area contributed by atoms with Gasteiger partial charge in [0.1, 0.15) is 6.04 Å². The highest BCUT2D eigenvalue weighted by Gasteiger charge is 2.28. The highest BCUT2D eigenvalue weighted by Crippen LogP contribution is 2.13. The second-order valence-electron chi connectivity index (χ2n) is 5.58. The van der Waals surface area contributed by atoms with E-state index in [1.54, 1.807) is 0 Å². The van der Waals surface area contributed by atoms with Crippen molar-refractivity contribution >= 4 is 11.9 Å². The molecule has 0 bridgehead atoms. The van der Waals surface area contributed by atoms with Gasteiger partial charge in [-0.25, -0.2) is 4.79 Å². The number of ether oxygens (including phenoxy) is 1. The predicted molar refractivity (Wildman–Crippen MR) is 74.6 cm³/mol. The van der Waals surface area contributed by atoms with Crippen molar-refractivity contribution in [2.45, 2.75) is 58.9 Å². The van der Waals surface area contributed by atoms with E-state index < -0.39 is 6.04 Å². The van der Waals surface area contributed by atoms with Crippen LogP contribution in [0.1, 0.15) is 52.9 Å². The van der Waals surface area contributed by atoms with E-state index in [4.69, 9.17) is 4.74 Å². The summed E-state index contributed by atoms with van der Waals surface area (Å²) in [6, 6.07) is -0.423. The van der Waals surface area contributed by atoms with Gasteiger partial charge in [0.2, 0.25) is 5.91 Å². The molecule has 1 N–H and O–H groups in total. The van der Waals surface area contributed by atoms with Crippen LogP contribution in [0.2, 0.25) is 0 Å². The van der Waals surface area contributed by atoms with E-state index in [-0.39, 0.29) is 11.9 Å². The molecule has 0 spiro atoms. The van der Waals surface area contributed by atoms with Crippen molar-refractivity contribution in [3.8, 4) is 0 Å². The molecule has 4 heteroatoms. The topological polar surface area (TPSA) is 55.4 Å². The number of esters is 1. The van der Waals surface area contributed by atoms with Gasteiger partial charge in [-0.05, 0) is 45.4 Å². The third kappa shape index (κ3) is 6.41. The Morgan fingerprint density at radius 1 is 1.47 bits per heavy atom. The molecule has 0 aromatic rings. The Labute approximate surface area is 115 Å². The SMILES string of the molecule is CC(C)=CCC[C@H](C)CCOC(=O)[C@H]1CCC(=O)N1. The molecule has 0 radical (unpaired) electrons. The van der Waals surface area contributed by atoms with Crippen molar-refractivity contribution < 1.29 is 14.3 Å². The molecular weight excluding hydrogens is 242 g/mol. The number of carbonyl (C=O) groups excluding carboxylic acids is 2. The molecule has 1 fully saturated rings. The Morgan fingerprint density at radius 3 is 2.79 bits per heavy atom. The van der Waals surface area contributed by atoms with Gasteiger partial charge in [0.05, 0.1) is 6.61 Å². The number of hydrogen-bond acceptors (Lipinski definition) is 3. The van der Waals surface area contributed by atoms with E-state index >= 15 is 0 Å². The largest absolute Gasteiger partial charge is 0.464 e. The molecule has 108 valence electrons. The van der Waals surface area contributed by atoms with Crippen LogP contribution in [0.25, 0.3) is 0 Å². The highest BCUT2D eigenvalue weighted by atomic mass is 16.5. The molecule has 0 unspecified atom stereocenters. The van der Waals surface area contributed by atoms with E-state index in [9.17, 15) is 9.59 Å². The van der Waals surface area contributed by atoms with Gasteiger partial charge in [0, 0.05) is 6.42 Å². The molecular formula is C15H25NO3. The van der Waals surface area contributed by atoms with Crippen LogP contribution in [-0.4, -0.2) is 24.5 Å². The lowest BCUT2D eigenvalue weighted by atomic mass is 10.0. The Hall–Kier alpha value is -1.32. The van der Waals surface area contributed by atoms with Gasteiger partial charge in [-0.3, -0.25) is 4.79 Å². The maximum atomic E-state index is 11.6. The van der Waals surface area contributed by atoms with Crippen molar-refractivity contribution in [3.63, 3.8) is 0 Å². The third-order valence-corrected chi connectivity index (χ3v) is 3.35. The maximum absolute atomic E-state index is 11.6. The lowest BCUT2D eigenvalue weighted by Gasteiger charge is -2.13. The molecule has 0 aromatic heterocycles. The van der Waals surface area contributed by atoms with Gasteiger partial charge in [0.15, 0.2) is 0 Å². The number of rotatable bonds is 7. The van der Waals surface area contributed by atoms with Crippen LogP contribution >= 0.6 is 0 Å². The molecule has 1 aliphatic rings. The van der Waals surface area contributed by atoms with Crippen LogP contribution in [0, 0.1) is 5.92 Å². The van der Waals surface area contributed by atoms with Crippen LogP contribution in [-0.2, 0) is 14.3 Å². The number of carbonyl (C=O) groups is 2. The quantitative estimate of drug-likeness (QED) is 0.570. The summed E-state index contributed by atoms with van der Waals surface area (Å²) in [5, 5.41) is 2.62. The molecule has 0 aromatic carbocycles. The Morgan fingerprint density at radius 2 is 2.21 bits per heavy atom. The average molecular weight is 267 g/mol. The molecule has 4 nitrogen and oxygen atoms in total. The fraction of sp³-hybridized carbons (Fsp3) is 0.733. The summed E-state index contributed by atoms with van der Waals surface area (Å²) in [6.07, 6.45) is 6.30. The van der Waals surface area contributed by atoms with E-state index in [0.29, 0.717) is 25.4 Å². The van der Waals surface area contributed by atoms with Crippen molar-refractivity contribution in [1.29, 1.82) is 0 Å². The van der Waals surface area contributed by atoms with Crippen LogP contribution in [0.4, 0.5) is 0 Å². The van der Waals surface area contributed by atoms with Crippen molar-refractivity contribution in [1.82, 2.24) is 5.32 Å². The van der Waals surface area contributed by atoms with Gasteiger partial charge in [-0.15, -0.1) is 0 Å². The number of nitrogens with one attached hydrogen (secondary N) is 1. The molecule has 2 atom stereocenters. The van der Waals surface area contributed by atoms with Crippen LogP contribution in [0.15, 0.2) is 11.6 Å². The molecule has 1 amide bonds. The van der Waals surface area contributed by atoms with Crippen LogP contribution < -0.4 is 5.32 Å². The molecule has 19 heavy (non-hydrogen) atoms. The van der Waals surface area contributed by atoms with Crippen molar-refractivity contribution in [3.05, 3.63) is 11.6 Å². The molecule has 1 aliphatic heterocycles. The minimum Gasteiger partial charge on any atom is -0.464 e. The summed E-state index contributed by atoms with van der Waals surface area (Å²) in [7, 11) is 0. The zero-order valence-electron chi connectivity index (χ0n) is 12.2. The van der Waals surface area contributed by atoms with Crippen molar-refractivity contribution in [2.24, 2.45) is 5.92 Å². The summed E-state index contributed by atoms with van der Waals surface area (Å²) in [4.78, 5) is 22.6. The molecule has 0 aliphatic carbocycles. The Balaban J connectivity index is 2.10. The minimum absolute atomic E-state index is 0.0583. The molecule has 0 saturated carbocycles. The Bertz CT molecular complexity index is 345. The molecule has 1 heterocycles. The summed E-state index contributed by atoms with van der Waals surface area (Å²) in [5.41, 5.74) is 1.34. The standard InChI is InChI=1S/C15H25NO3/c1-11(2)5-4-6-12(3)9-10-19-15(18)13-7-8-14(17)16-13/h5,12-13H,4,6-10H2,1-3H3,(H,16,17)/t12-,13+/m0/s1. The van der Waals surface area contributed by atoms with Crippen molar-refractivity contribution in [2.75, 3.05) is 6.61 Å². The zero-order valence-corrected chi connectivity index (χ0v) is 12.2. The smallest absolute Gasteiger partial charge is 0.328 e. The summed E-state index contributed by atoms with van der Waals surface area (Å²) >= 11 is 0. The van der Waals surface area contributed by atoms with E-state index in [1.165, 1.54) is 5.57 Å². The van der Waals surface area contributed by atoms with Gasteiger partial charge in [0.25, 0.3) is 0 Å². The Kier molecular flexibility index (Phi) is 6.60. The normalized spacial score (nSPS) is 19.7. The predicted octanol–water partition coefficient (Wildman–Crippen LogP) is 2.58. The van der Waals surface area contributed by atoms with Gasteiger partial charge >= 0.3 is 5.97 Å². The first-order chi connectivity index (χ1) is 8.99. The number of allylic oxidation sites excluding steroid dienone is 2. The fourth-order valence-corrected chi connectivity index (χ4v) is 2.05. The van der Waals surface area contributed by atoms with Gasteiger partial charge in [-0.1, -0.05) is 18.6 Å². The summed E-state index contributed by atoms with van der Waals surface area (Å²) in [5.74, 6) is 0.195. The number of amides is 1. The molecule has 1 saturated heterocycles. The first kappa shape index (κ1) is 15.7. The number of hydrogen-bond donors (Lipinski definition) is 1. The van der Waals surface area contributed by atoms with Crippen LogP contribution in [0.5, 0.6) is 0 Å². The minimum atomic E-state index is -0.423. The van der Waals surface area contributed by atoms with Gasteiger partial charge in [-0.2, -0.15) is 0 Å². The third-order valence-electron chi connectivity index (χ3n) is 3.35. The average Bonchev–Trinajstić information content (AvgIpc) is 2.75. The second kappa shape index (κ2) is 7.97. The van der Waals surface area contributed by atoms with Crippen LogP contribution in [0.3, 0.4) is 0 Å². The lowest BCUT2D eigenvalue weighted by molar-refractivity contribution is -0.146. The highest BCUT2D eigenvalue weighted by molar-refractivity contribution is 5.87. The zero-order chi connectivity index (χ0) is 14.3. The lowest BCUT2D eigenvalue weighted by Crippen LogP contribution is -2.34. The molecule has 1 rings (SSSR count). The van der Waals surface area contributed by atoms with Gasteiger partial charge < -0.3 is 10.1 Å². The second-order valence-corrected chi connectivity index (χ2v) is 5.58. The fourth-order valence-electron chi connectivity index (χ4n) is 2.05. The summed E-state index contributed by atoms with van der Waals surface area (Å²) in [6.45, 7) is 6.82. The van der Waals surface area contributed by atoms with E-state index in [0.717, 1.165) is 19.3 Å². The summed E-state index contributed by atoms with van der Waals surface area (Å²) < 4.78 is 5.20. The van der Waals surface area contributed by atoms with E-state index in [1.807, 2.05) is 0 Å². The maximum Gasteiger partial charge on any atom is 0.328 e. The first-order valence-electron chi connectivity index (χ1n) is 7.08. The van der Waals surface area contributed by atoms with E-state index in [2.05, 4.69) is 32.2 Å².